The van der Waals surface area contributed by atoms with E-state index >= 15 is 0 Å². The molecule has 0 unspecified atom stereocenters. The molecular weight excluding hydrogens is 424 g/mol. The molecule has 34 heavy (non-hydrogen) atoms. The van der Waals surface area contributed by atoms with Crippen molar-refractivity contribution >= 4 is 11.8 Å². The predicted octanol–water partition coefficient (Wildman–Crippen LogP) is 5.57. The second-order valence-corrected chi connectivity index (χ2v) is 10.3. The Labute approximate surface area is 203 Å². The van der Waals surface area contributed by atoms with Gasteiger partial charge in [0, 0.05) is 24.7 Å². The highest BCUT2D eigenvalue weighted by molar-refractivity contribution is 6.01. The Kier molecular flexibility index (Phi) is 6.62. The molecule has 5 rings (SSSR count). The molecule has 0 bridgehead atoms. The van der Waals surface area contributed by atoms with Gasteiger partial charge in [-0.2, -0.15) is 0 Å². The van der Waals surface area contributed by atoms with Crippen LogP contribution >= 0.6 is 0 Å². The first-order valence-electron chi connectivity index (χ1n) is 12.9. The number of amides is 2. The van der Waals surface area contributed by atoms with E-state index in [2.05, 4.69) is 11.8 Å². The predicted molar refractivity (Wildman–Crippen MR) is 133 cm³/mol. The number of hydrogen-bond acceptors (Lipinski definition) is 3. The molecule has 2 aromatic rings. The molecule has 2 aromatic carbocycles. The van der Waals surface area contributed by atoms with Gasteiger partial charge in [0.15, 0.2) is 0 Å². The summed E-state index contributed by atoms with van der Waals surface area (Å²) in [4.78, 5) is 32.3. The Hall–Kier alpha value is -2.82. The average Bonchev–Trinajstić information content (AvgIpc) is 2.89. The van der Waals surface area contributed by atoms with Crippen LogP contribution in [-0.2, 0) is 4.79 Å². The molecule has 3 aliphatic rings. The summed E-state index contributed by atoms with van der Waals surface area (Å²) < 4.78 is 5.40. The maximum absolute atomic E-state index is 14.2. The molecular formula is C29H36N2O3. The zero-order valence-corrected chi connectivity index (χ0v) is 20.4. The fraction of sp³-hybridized carbons (Fsp3) is 0.517. The molecule has 2 amide bonds. The Morgan fingerprint density at radius 3 is 2.26 bits per heavy atom. The van der Waals surface area contributed by atoms with Crippen LogP contribution in [0.3, 0.4) is 0 Å². The zero-order valence-electron chi connectivity index (χ0n) is 20.4. The number of fused-ring (bicyclic) bond motifs is 1. The molecule has 2 heterocycles. The van der Waals surface area contributed by atoms with Crippen molar-refractivity contribution in [2.45, 2.75) is 69.9 Å². The Bertz CT molecular complexity index is 1020. The molecule has 2 aliphatic heterocycles. The number of rotatable bonds is 4. The number of piperidine rings is 1. The molecule has 1 aliphatic carbocycles. The highest BCUT2D eigenvalue weighted by atomic mass is 16.5. The van der Waals surface area contributed by atoms with Crippen LogP contribution in [0.5, 0.6) is 5.75 Å². The van der Waals surface area contributed by atoms with Crippen LogP contribution in [0, 0.1) is 5.92 Å². The number of hydrogen-bond donors (Lipinski definition) is 0. The quantitative estimate of drug-likeness (QED) is 0.600. The van der Waals surface area contributed by atoms with Gasteiger partial charge in [-0.15, -0.1) is 0 Å². The van der Waals surface area contributed by atoms with Crippen LogP contribution in [0.25, 0.3) is 0 Å². The van der Waals surface area contributed by atoms with E-state index in [9.17, 15) is 9.59 Å². The van der Waals surface area contributed by atoms with Gasteiger partial charge < -0.3 is 14.5 Å². The summed E-state index contributed by atoms with van der Waals surface area (Å²) in [6.45, 7) is 3.86. The van der Waals surface area contributed by atoms with Crippen molar-refractivity contribution in [3.8, 4) is 5.75 Å². The molecule has 5 heteroatoms. The van der Waals surface area contributed by atoms with E-state index in [1.54, 1.807) is 7.11 Å². The van der Waals surface area contributed by atoms with Gasteiger partial charge in [0.25, 0.3) is 5.91 Å². The molecule has 0 radical (unpaired) electrons. The topological polar surface area (TPSA) is 49.9 Å². The summed E-state index contributed by atoms with van der Waals surface area (Å²) in [6.07, 6.45) is 7.57. The molecule has 0 N–H and O–H groups in total. The first-order valence-corrected chi connectivity index (χ1v) is 12.9. The van der Waals surface area contributed by atoms with Gasteiger partial charge in [0.1, 0.15) is 5.75 Å². The van der Waals surface area contributed by atoms with E-state index in [0.29, 0.717) is 11.5 Å². The number of likely N-dealkylation sites (tertiary alicyclic amines) is 1. The van der Waals surface area contributed by atoms with Gasteiger partial charge in [0.05, 0.1) is 19.1 Å². The molecule has 2 fully saturated rings. The summed E-state index contributed by atoms with van der Waals surface area (Å²) in [5, 5.41) is 0. The normalized spacial score (nSPS) is 24.1. The monoisotopic (exact) mass is 460 g/mol. The minimum atomic E-state index is -0.391. The van der Waals surface area contributed by atoms with Gasteiger partial charge in [-0.1, -0.05) is 56.5 Å². The van der Waals surface area contributed by atoms with Crippen LogP contribution in [0.4, 0.5) is 0 Å². The van der Waals surface area contributed by atoms with Crippen LogP contribution in [0.1, 0.15) is 85.3 Å². The molecule has 0 aromatic heterocycles. The molecule has 1 saturated carbocycles. The average molecular weight is 461 g/mol. The third-order valence-electron chi connectivity index (χ3n) is 8.16. The van der Waals surface area contributed by atoms with Gasteiger partial charge in [-0.3, -0.25) is 9.59 Å². The molecule has 0 spiro atoms. The van der Waals surface area contributed by atoms with Crippen LogP contribution in [0.2, 0.25) is 0 Å². The third kappa shape index (κ3) is 4.21. The Morgan fingerprint density at radius 1 is 0.912 bits per heavy atom. The summed E-state index contributed by atoms with van der Waals surface area (Å²) in [5.74, 6) is 1.27. The summed E-state index contributed by atoms with van der Waals surface area (Å²) >= 11 is 0. The van der Waals surface area contributed by atoms with Crippen molar-refractivity contribution in [3.63, 3.8) is 0 Å². The molecule has 1 saturated heterocycles. The van der Waals surface area contributed by atoms with E-state index in [0.717, 1.165) is 68.5 Å². The first kappa shape index (κ1) is 22.9. The van der Waals surface area contributed by atoms with E-state index in [1.807, 2.05) is 53.4 Å². The smallest absolute Gasteiger partial charge is 0.254 e. The zero-order chi connectivity index (χ0) is 23.7. The van der Waals surface area contributed by atoms with Gasteiger partial charge >= 0.3 is 0 Å². The third-order valence-corrected chi connectivity index (χ3v) is 8.16. The summed E-state index contributed by atoms with van der Waals surface area (Å²) in [6, 6.07) is 15.6. The maximum atomic E-state index is 14.2. The van der Waals surface area contributed by atoms with E-state index in [1.165, 1.54) is 6.42 Å². The second-order valence-electron chi connectivity index (χ2n) is 10.3. The molecule has 2 atom stereocenters. The lowest BCUT2D eigenvalue weighted by Crippen LogP contribution is -2.53. The van der Waals surface area contributed by atoms with Crippen molar-refractivity contribution in [1.82, 2.24) is 9.80 Å². The lowest BCUT2D eigenvalue weighted by atomic mass is 9.76. The van der Waals surface area contributed by atoms with Crippen molar-refractivity contribution < 1.29 is 14.3 Å². The first-order chi connectivity index (χ1) is 16.6. The largest absolute Gasteiger partial charge is 0.497 e. The van der Waals surface area contributed by atoms with E-state index < -0.39 is 5.92 Å². The summed E-state index contributed by atoms with van der Waals surface area (Å²) in [5.41, 5.74) is 2.59. The standard InChI is InChI=1S/C29H36N2O3/c1-20-16-18-30(19-17-20)29(33)26-24-10-6-7-11-25(24)28(32)31(22-8-4-3-5-9-22)27(26)21-12-14-23(34-2)15-13-21/h6-7,10-15,20,22,26-27H,3-5,8-9,16-19H2,1-2H3/t26-,27-/m1/s1. The van der Waals surface area contributed by atoms with E-state index in [4.69, 9.17) is 4.74 Å². The highest BCUT2D eigenvalue weighted by Gasteiger charge is 2.47. The minimum Gasteiger partial charge on any atom is -0.497 e. The Morgan fingerprint density at radius 2 is 1.59 bits per heavy atom. The van der Waals surface area contributed by atoms with Gasteiger partial charge in [-0.05, 0) is 60.9 Å². The number of methoxy groups -OCH3 is 1. The minimum absolute atomic E-state index is 0.0691. The maximum Gasteiger partial charge on any atom is 0.254 e. The van der Waals surface area contributed by atoms with Crippen molar-refractivity contribution in [1.29, 1.82) is 0 Å². The van der Waals surface area contributed by atoms with Gasteiger partial charge in [-0.25, -0.2) is 0 Å². The van der Waals surface area contributed by atoms with Crippen LogP contribution < -0.4 is 4.74 Å². The number of carbonyl (C=O) groups excluding carboxylic acids is 2. The lowest BCUT2D eigenvalue weighted by molar-refractivity contribution is -0.136. The van der Waals surface area contributed by atoms with Crippen molar-refractivity contribution in [3.05, 3.63) is 65.2 Å². The fourth-order valence-corrected chi connectivity index (χ4v) is 6.16. The number of carbonyl (C=O) groups is 2. The summed E-state index contributed by atoms with van der Waals surface area (Å²) in [7, 11) is 1.66. The lowest BCUT2D eigenvalue weighted by Gasteiger charge is -2.48. The Balaban J connectivity index is 1.63. The second kappa shape index (κ2) is 9.81. The SMILES string of the molecule is COc1ccc([C@@H]2[C@H](C(=O)N3CCC(C)CC3)c3ccccc3C(=O)N2C2CCCCC2)cc1. The van der Waals surface area contributed by atoms with Crippen molar-refractivity contribution in [2.75, 3.05) is 20.2 Å². The fourth-order valence-electron chi connectivity index (χ4n) is 6.16. The highest BCUT2D eigenvalue weighted by Crippen LogP contribution is 2.47. The van der Waals surface area contributed by atoms with Crippen LogP contribution in [0.15, 0.2) is 48.5 Å². The number of nitrogens with zero attached hydrogens (tertiary/aromatic N) is 2. The van der Waals surface area contributed by atoms with E-state index in [-0.39, 0.29) is 23.9 Å². The number of ether oxygens (including phenoxy) is 1. The van der Waals surface area contributed by atoms with Crippen LogP contribution in [-0.4, -0.2) is 47.9 Å². The van der Waals surface area contributed by atoms with Gasteiger partial charge in [0.2, 0.25) is 5.91 Å². The molecule has 5 nitrogen and oxygen atoms in total. The molecule has 180 valence electrons. The van der Waals surface area contributed by atoms with Crippen molar-refractivity contribution in [2.24, 2.45) is 5.92 Å². The number of benzene rings is 2.